The van der Waals surface area contributed by atoms with Crippen molar-refractivity contribution in [3.8, 4) is 11.1 Å². The number of hydrogen-bond donors (Lipinski definition) is 1. The third-order valence-electron chi connectivity index (χ3n) is 3.58. The topological polar surface area (TPSA) is 12.0 Å². The van der Waals surface area contributed by atoms with Gasteiger partial charge in [-0.1, -0.05) is 55.2 Å². The van der Waals surface area contributed by atoms with E-state index >= 15 is 0 Å². The third kappa shape index (κ3) is 4.23. The van der Waals surface area contributed by atoms with Crippen LogP contribution in [-0.2, 0) is 0 Å². The first-order valence-corrected chi connectivity index (χ1v) is 8.20. The molecule has 0 aliphatic carbocycles. The van der Waals surface area contributed by atoms with Crippen molar-refractivity contribution in [3.05, 3.63) is 58.1 Å². The van der Waals surface area contributed by atoms with Crippen LogP contribution in [0.15, 0.2) is 42.5 Å². The Balaban J connectivity index is 2.34. The summed E-state index contributed by atoms with van der Waals surface area (Å²) < 4.78 is 0. The van der Waals surface area contributed by atoms with E-state index in [9.17, 15) is 0 Å². The van der Waals surface area contributed by atoms with Crippen molar-refractivity contribution in [1.82, 2.24) is 5.32 Å². The highest BCUT2D eigenvalue weighted by Gasteiger charge is 2.10. The zero-order valence-electron chi connectivity index (χ0n) is 12.5. The predicted octanol–water partition coefficient (Wildman–Crippen LogP) is 6.11. The van der Waals surface area contributed by atoms with E-state index in [1.807, 2.05) is 18.2 Å². The summed E-state index contributed by atoms with van der Waals surface area (Å²) in [4.78, 5) is 0. The molecule has 0 saturated carbocycles. The van der Waals surface area contributed by atoms with Gasteiger partial charge in [-0.05, 0) is 54.8 Å². The molecule has 0 amide bonds. The summed E-state index contributed by atoms with van der Waals surface area (Å²) in [5, 5.41) is 5.01. The first-order valence-electron chi connectivity index (χ1n) is 7.44. The molecular weight excluding hydrogens is 301 g/mol. The second kappa shape index (κ2) is 7.84. The van der Waals surface area contributed by atoms with Crippen molar-refractivity contribution in [2.24, 2.45) is 0 Å². The molecule has 112 valence electrons. The van der Waals surface area contributed by atoms with Gasteiger partial charge in [-0.25, -0.2) is 0 Å². The Labute approximate surface area is 137 Å². The van der Waals surface area contributed by atoms with Gasteiger partial charge >= 0.3 is 0 Å². The van der Waals surface area contributed by atoms with E-state index in [2.05, 4.69) is 43.4 Å². The standard InChI is InChI=1S/C18H21Cl2N/c1-3-10-21-18(4-2)14-7-5-6-13(11-14)16-12-15(19)8-9-17(16)20/h5-9,11-12,18,21H,3-4,10H2,1-2H3. The maximum Gasteiger partial charge on any atom is 0.0485 e. The van der Waals surface area contributed by atoms with Crippen molar-refractivity contribution in [2.75, 3.05) is 6.54 Å². The van der Waals surface area contributed by atoms with Gasteiger partial charge in [-0.15, -0.1) is 0 Å². The molecule has 1 nitrogen and oxygen atoms in total. The second-order valence-electron chi connectivity index (χ2n) is 5.16. The molecule has 3 heteroatoms. The maximum absolute atomic E-state index is 6.31. The first-order chi connectivity index (χ1) is 10.2. The van der Waals surface area contributed by atoms with E-state index in [-0.39, 0.29) is 0 Å². The van der Waals surface area contributed by atoms with Gasteiger partial charge in [0.05, 0.1) is 0 Å². The Kier molecular flexibility index (Phi) is 6.10. The summed E-state index contributed by atoms with van der Waals surface area (Å²) in [6, 6.07) is 14.5. The van der Waals surface area contributed by atoms with Gasteiger partial charge in [0, 0.05) is 21.7 Å². The summed E-state index contributed by atoms with van der Waals surface area (Å²) in [6.07, 6.45) is 2.20. The molecule has 0 spiro atoms. The van der Waals surface area contributed by atoms with Crippen LogP contribution in [0.25, 0.3) is 11.1 Å². The Bertz CT molecular complexity index is 596. The van der Waals surface area contributed by atoms with Crippen molar-refractivity contribution in [1.29, 1.82) is 0 Å². The molecule has 2 aromatic carbocycles. The fourth-order valence-electron chi connectivity index (χ4n) is 2.46. The average molecular weight is 322 g/mol. The number of benzene rings is 2. The van der Waals surface area contributed by atoms with Crippen LogP contribution in [0.2, 0.25) is 10.0 Å². The molecule has 1 unspecified atom stereocenters. The van der Waals surface area contributed by atoms with Gasteiger partial charge in [-0.2, -0.15) is 0 Å². The SMILES string of the molecule is CCCNC(CC)c1cccc(-c2cc(Cl)ccc2Cl)c1. The lowest BCUT2D eigenvalue weighted by atomic mass is 9.98. The molecule has 21 heavy (non-hydrogen) atoms. The third-order valence-corrected chi connectivity index (χ3v) is 4.14. The van der Waals surface area contributed by atoms with Gasteiger partial charge < -0.3 is 5.32 Å². The Morgan fingerprint density at radius 2 is 1.86 bits per heavy atom. The lowest BCUT2D eigenvalue weighted by Crippen LogP contribution is -2.21. The summed E-state index contributed by atoms with van der Waals surface area (Å²) in [5.41, 5.74) is 3.38. The fourth-order valence-corrected chi connectivity index (χ4v) is 2.86. The minimum Gasteiger partial charge on any atom is -0.310 e. The minimum absolute atomic E-state index is 0.378. The average Bonchev–Trinajstić information content (AvgIpc) is 2.51. The molecule has 0 bridgehead atoms. The molecule has 2 aromatic rings. The Morgan fingerprint density at radius 1 is 1.05 bits per heavy atom. The molecule has 0 aromatic heterocycles. The van der Waals surface area contributed by atoms with Gasteiger partial charge in [0.1, 0.15) is 0 Å². The quantitative estimate of drug-likeness (QED) is 0.676. The van der Waals surface area contributed by atoms with Crippen LogP contribution in [0.3, 0.4) is 0 Å². The summed E-state index contributed by atoms with van der Waals surface area (Å²) in [7, 11) is 0. The molecule has 0 aliphatic heterocycles. The van der Waals surface area contributed by atoms with Crippen LogP contribution in [0, 0.1) is 0 Å². The van der Waals surface area contributed by atoms with E-state index in [1.54, 1.807) is 0 Å². The van der Waals surface area contributed by atoms with Crippen molar-refractivity contribution < 1.29 is 0 Å². The monoisotopic (exact) mass is 321 g/mol. The van der Waals surface area contributed by atoms with E-state index in [0.717, 1.165) is 35.5 Å². The molecular formula is C18H21Cl2N. The lowest BCUT2D eigenvalue weighted by Gasteiger charge is -2.18. The van der Waals surface area contributed by atoms with Crippen LogP contribution < -0.4 is 5.32 Å². The van der Waals surface area contributed by atoms with Crippen LogP contribution in [0.5, 0.6) is 0 Å². The number of halogens is 2. The molecule has 0 radical (unpaired) electrons. The molecule has 1 N–H and O–H groups in total. The van der Waals surface area contributed by atoms with Crippen molar-refractivity contribution >= 4 is 23.2 Å². The molecule has 0 fully saturated rings. The molecule has 2 rings (SSSR count). The summed E-state index contributed by atoms with van der Waals surface area (Å²) >= 11 is 12.4. The van der Waals surface area contributed by atoms with Gasteiger partial charge in [-0.3, -0.25) is 0 Å². The zero-order chi connectivity index (χ0) is 15.2. The normalized spacial score (nSPS) is 12.4. The largest absolute Gasteiger partial charge is 0.310 e. The highest BCUT2D eigenvalue weighted by Crippen LogP contribution is 2.32. The van der Waals surface area contributed by atoms with Crippen molar-refractivity contribution in [2.45, 2.75) is 32.7 Å². The maximum atomic E-state index is 6.31. The smallest absolute Gasteiger partial charge is 0.0485 e. The van der Waals surface area contributed by atoms with Gasteiger partial charge in [0.25, 0.3) is 0 Å². The Morgan fingerprint density at radius 3 is 2.57 bits per heavy atom. The van der Waals surface area contributed by atoms with Crippen LogP contribution in [-0.4, -0.2) is 6.54 Å². The molecule has 0 saturated heterocycles. The van der Waals surface area contributed by atoms with E-state index < -0.39 is 0 Å². The van der Waals surface area contributed by atoms with Crippen LogP contribution in [0.1, 0.15) is 38.3 Å². The zero-order valence-corrected chi connectivity index (χ0v) is 14.0. The second-order valence-corrected chi connectivity index (χ2v) is 6.01. The van der Waals surface area contributed by atoms with Crippen LogP contribution >= 0.6 is 23.2 Å². The summed E-state index contributed by atoms with van der Waals surface area (Å²) in [6.45, 7) is 5.41. The summed E-state index contributed by atoms with van der Waals surface area (Å²) in [5.74, 6) is 0. The van der Waals surface area contributed by atoms with Gasteiger partial charge in [0.2, 0.25) is 0 Å². The number of rotatable bonds is 6. The van der Waals surface area contributed by atoms with Crippen LogP contribution in [0.4, 0.5) is 0 Å². The lowest BCUT2D eigenvalue weighted by molar-refractivity contribution is 0.518. The van der Waals surface area contributed by atoms with Gasteiger partial charge in [0.15, 0.2) is 0 Å². The molecule has 1 atom stereocenters. The predicted molar refractivity (Wildman–Crippen MR) is 93.2 cm³/mol. The van der Waals surface area contributed by atoms with E-state index in [1.165, 1.54) is 5.56 Å². The highest BCUT2D eigenvalue weighted by molar-refractivity contribution is 6.35. The molecule has 0 aliphatic rings. The van der Waals surface area contributed by atoms with E-state index in [0.29, 0.717) is 11.1 Å². The van der Waals surface area contributed by atoms with E-state index in [4.69, 9.17) is 23.2 Å². The minimum atomic E-state index is 0.378. The molecule has 0 heterocycles. The Hall–Kier alpha value is -1.02. The first kappa shape index (κ1) is 16.4. The highest BCUT2D eigenvalue weighted by atomic mass is 35.5. The number of hydrogen-bond acceptors (Lipinski definition) is 1. The number of nitrogens with one attached hydrogen (secondary N) is 1. The van der Waals surface area contributed by atoms with Crippen molar-refractivity contribution in [3.63, 3.8) is 0 Å². The fraction of sp³-hybridized carbons (Fsp3) is 0.333.